The van der Waals surface area contributed by atoms with Crippen molar-refractivity contribution in [3.05, 3.63) is 0 Å². The van der Waals surface area contributed by atoms with Gasteiger partial charge in [0.15, 0.2) is 0 Å². The first kappa shape index (κ1) is 58.3. The summed E-state index contributed by atoms with van der Waals surface area (Å²) in [7, 11) is 0. The van der Waals surface area contributed by atoms with Crippen molar-refractivity contribution < 1.29 is 41.0 Å². The van der Waals surface area contributed by atoms with E-state index < -0.39 is 12.3 Å². The van der Waals surface area contributed by atoms with Gasteiger partial charge in [0.2, 0.25) is 0 Å². The molecule has 0 unspecified atom stereocenters. The zero-order valence-corrected chi connectivity index (χ0v) is 6.47. The van der Waals surface area contributed by atoms with E-state index in [0.717, 1.165) is 0 Å². The molecular formula is C2H2Be3O8. The summed E-state index contributed by atoms with van der Waals surface area (Å²) in [6.07, 6.45) is -4.67. The molecule has 8 nitrogen and oxygen atoms in total. The summed E-state index contributed by atoms with van der Waals surface area (Å²) in [5.74, 6) is 0. The third-order valence-corrected chi connectivity index (χ3v) is 0. The first-order valence-electron chi connectivity index (χ1n) is 1.22. The largest absolute Gasteiger partial charge is 2.00 e. The SMILES string of the molecule is O=C([O-])[O-].O=C([O-])[O-].[Be+2].[Be+2].[Be+2].[OH-].[OH-]. The summed E-state index contributed by atoms with van der Waals surface area (Å²) in [4.78, 5) is 16.7. The minimum atomic E-state index is -2.33. The summed E-state index contributed by atoms with van der Waals surface area (Å²) in [5, 5.41) is 33.3. The van der Waals surface area contributed by atoms with Crippen LogP contribution in [-0.4, -0.2) is 53.6 Å². The van der Waals surface area contributed by atoms with Crippen LogP contribution in [0.5, 0.6) is 0 Å². The molecule has 11 heteroatoms. The van der Waals surface area contributed by atoms with Crippen LogP contribution in [0.2, 0.25) is 0 Å². The minimum Gasteiger partial charge on any atom is -0.870 e. The zero-order chi connectivity index (χ0) is 7.15. The average molecular weight is 181 g/mol. The van der Waals surface area contributed by atoms with Crippen LogP contribution in [0, 0.1) is 0 Å². The maximum Gasteiger partial charge on any atom is 2.00 e. The zero-order valence-electron chi connectivity index (χ0n) is 6.47. The van der Waals surface area contributed by atoms with E-state index in [2.05, 4.69) is 0 Å². The normalized spacial score (nSPS) is 3.69. The van der Waals surface area contributed by atoms with E-state index in [1.807, 2.05) is 0 Å². The van der Waals surface area contributed by atoms with Crippen LogP contribution in [0.4, 0.5) is 9.59 Å². The van der Waals surface area contributed by atoms with Crippen LogP contribution < -0.4 is 20.4 Å². The van der Waals surface area contributed by atoms with Gasteiger partial charge in [0.1, 0.15) is 0 Å². The number of hydrogen-bond donors (Lipinski definition) is 0. The third-order valence-electron chi connectivity index (χ3n) is 0. The maximum absolute atomic E-state index is 8.33. The number of rotatable bonds is 0. The van der Waals surface area contributed by atoms with E-state index in [1.54, 1.807) is 0 Å². The van der Waals surface area contributed by atoms with Crippen molar-refractivity contribution in [1.29, 1.82) is 0 Å². The second kappa shape index (κ2) is 44.2. The van der Waals surface area contributed by atoms with Gasteiger partial charge in [-0.25, -0.2) is 0 Å². The Morgan fingerprint density at radius 3 is 0.615 bits per heavy atom. The van der Waals surface area contributed by atoms with Gasteiger partial charge in [0.05, 0.1) is 0 Å². The van der Waals surface area contributed by atoms with Gasteiger partial charge in [0.25, 0.3) is 0 Å². The average Bonchev–Trinajstić information content (AvgIpc) is 1.25. The van der Waals surface area contributed by atoms with E-state index in [1.165, 1.54) is 0 Å². The predicted octanol–water partition coefficient (Wildman–Crippen LogP) is -6.39. The molecule has 0 radical (unpaired) electrons. The summed E-state index contributed by atoms with van der Waals surface area (Å²) in [5.41, 5.74) is 0. The van der Waals surface area contributed by atoms with E-state index in [4.69, 9.17) is 30.0 Å². The van der Waals surface area contributed by atoms with Crippen LogP contribution in [0.1, 0.15) is 0 Å². The smallest absolute Gasteiger partial charge is 0.870 e. The Bertz CT molecular complexity index is 75.4. The molecule has 0 saturated carbocycles. The van der Waals surface area contributed by atoms with Crippen molar-refractivity contribution in [3.8, 4) is 0 Å². The number of carbonyl (C=O) groups is 2. The molecule has 0 aliphatic heterocycles. The van der Waals surface area contributed by atoms with Crippen molar-refractivity contribution in [2.24, 2.45) is 0 Å². The summed E-state index contributed by atoms with van der Waals surface area (Å²) >= 11 is 0. The monoisotopic (exact) mass is 181 g/mol. The van der Waals surface area contributed by atoms with Crippen LogP contribution in [0.3, 0.4) is 0 Å². The Morgan fingerprint density at radius 2 is 0.615 bits per heavy atom. The standard InChI is InChI=1S/2CH2O3.3Be.2H2O/c2*2-1(3)4;;;;;/h2*(H2,2,3,4);;;;2*1H2/q;;3*+2;;/p-6. The van der Waals surface area contributed by atoms with Crippen molar-refractivity contribution in [3.63, 3.8) is 0 Å². The second-order valence-electron chi connectivity index (χ2n) is 0.500. The fourth-order valence-corrected chi connectivity index (χ4v) is 0. The van der Waals surface area contributed by atoms with Crippen LogP contribution in [0.25, 0.3) is 0 Å². The maximum atomic E-state index is 8.33. The third kappa shape index (κ3) is 825. The fourth-order valence-electron chi connectivity index (χ4n) is 0. The van der Waals surface area contributed by atoms with Crippen LogP contribution in [0.15, 0.2) is 0 Å². The Balaban J connectivity index is -0.00000000800. The fraction of sp³-hybridized carbons (Fsp3) is 0. The molecule has 0 aromatic carbocycles. The Hall–Kier alpha value is -1.03. The number of carbonyl (C=O) groups excluding carboxylic acids is 2. The van der Waals surface area contributed by atoms with Gasteiger partial charge in [-0.15, -0.1) is 0 Å². The van der Waals surface area contributed by atoms with Gasteiger partial charge < -0.3 is 41.0 Å². The molecule has 0 spiro atoms. The molecule has 0 aromatic heterocycles. The van der Waals surface area contributed by atoms with Gasteiger partial charge in [-0.3, -0.25) is 0 Å². The summed E-state index contributed by atoms with van der Waals surface area (Å²) in [6.45, 7) is 0. The molecule has 0 aliphatic rings. The molecule has 0 fully saturated rings. The van der Waals surface area contributed by atoms with Crippen LogP contribution in [-0.2, 0) is 0 Å². The first-order valence-corrected chi connectivity index (χ1v) is 1.22. The molecule has 0 rings (SSSR count). The molecule has 0 amide bonds. The van der Waals surface area contributed by atoms with E-state index >= 15 is 0 Å². The van der Waals surface area contributed by atoms with Gasteiger partial charge in [0, 0.05) is 0 Å². The summed E-state index contributed by atoms with van der Waals surface area (Å²) in [6, 6.07) is 0. The molecular weight excluding hydrogens is 179 g/mol. The van der Waals surface area contributed by atoms with E-state index in [0.29, 0.717) is 0 Å². The van der Waals surface area contributed by atoms with Crippen molar-refractivity contribution in [2.75, 3.05) is 0 Å². The quantitative estimate of drug-likeness (QED) is 0.329. The molecule has 64 valence electrons. The first-order chi connectivity index (χ1) is 3.46. The van der Waals surface area contributed by atoms with Crippen molar-refractivity contribution in [2.45, 2.75) is 0 Å². The molecule has 0 atom stereocenters. The van der Waals surface area contributed by atoms with Gasteiger partial charge in [-0.2, -0.15) is 0 Å². The van der Waals surface area contributed by atoms with Crippen molar-refractivity contribution >= 4 is 42.7 Å². The Morgan fingerprint density at radius 1 is 0.615 bits per heavy atom. The van der Waals surface area contributed by atoms with Gasteiger partial charge >= 0.3 is 30.4 Å². The number of carboxylic acid groups (broad SMARTS) is 4. The molecule has 0 aromatic rings. The predicted molar refractivity (Wildman–Crippen MR) is 31.9 cm³/mol. The molecule has 13 heavy (non-hydrogen) atoms. The molecule has 0 heterocycles. The molecule has 0 saturated heterocycles. The van der Waals surface area contributed by atoms with Crippen LogP contribution >= 0.6 is 0 Å². The van der Waals surface area contributed by atoms with Crippen molar-refractivity contribution in [1.82, 2.24) is 0 Å². The summed E-state index contributed by atoms with van der Waals surface area (Å²) < 4.78 is 0. The molecule has 2 N–H and O–H groups in total. The molecule has 0 bridgehead atoms. The van der Waals surface area contributed by atoms with Gasteiger partial charge in [-0.05, 0) is 12.3 Å². The van der Waals surface area contributed by atoms with Gasteiger partial charge in [-0.1, -0.05) is 0 Å². The van der Waals surface area contributed by atoms with E-state index in [-0.39, 0.29) is 41.3 Å². The topological polar surface area (TPSA) is 186 Å². The molecule has 0 aliphatic carbocycles. The van der Waals surface area contributed by atoms with E-state index in [9.17, 15) is 0 Å². The minimum absolute atomic E-state index is 0. The number of hydrogen-bond acceptors (Lipinski definition) is 8. The second-order valence-corrected chi connectivity index (χ2v) is 0.500. The Labute approximate surface area is 84.5 Å². The Kier molecular flexibility index (Phi) is 198.